The number of hydrogen-bond donors (Lipinski definition) is 2. The Kier molecular flexibility index (Phi) is 8.58. The Labute approximate surface area is 99.4 Å². The molecule has 2 rings (SSSR count). The van der Waals surface area contributed by atoms with Gasteiger partial charge in [0.1, 0.15) is 0 Å². The molecule has 0 amide bonds. The van der Waals surface area contributed by atoms with Crippen LogP contribution in [0.4, 0.5) is 5.69 Å². The normalized spacial score (nSPS) is 14.5. The van der Waals surface area contributed by atoms with Crippen LogP contribution >= 0.6 is 0 Å². The molecule has 0 unspecified atom stereocenters. The van der Waals surface area contributed by atoms with Crippen LogP contribution in [-0.4, -0.2) is 26.2 Å². The Bertz CT molecular complexity index is 243. The standard InChI is InChI=1S/C10H14N2.C3H8.H3N/c1-2-4-10(5-3-1)12-8-6-11-7-9-12;1-3-2;/h1-5,11H,6-9H2;3H2,1-2H3;1H3. The molecule has 1 saturated heterocycles. The smallest absolute Gasteiger partial charge is 0.0367 e. The maximum absolute atomic E-state index is 3.34. The second-order valence-corrected chi connectivity index (χ2v) is 3.78. The molecule has 1 fully saturated rings. The van der Waals surface area contributed by atoms with Crippen molar-refractivity contribution in [1.29, 1.82) is 0 Å². The van der Waals surface area contributed by atoms with Crippen LogP contribution in [0, 0.1) is 0 Å². The number of rotatable bonds is 1. The molecule has 0 spiro atoms. The van der Waals surface area contributed by atoms with E-state index in [0.29, 0.717) is 0 Å². The zero-order chi connectivity index (χ0) is 10.9. The van der Waals surface area contributed by atoms with Crippen molar-refractivity contribution in [1.82, 2.24) is 11.5 Å². The SMILES string of the molecule is CCC.N.c1ccc(N2CCNCC2)cc1. The van der Waals surface area contributed by atoms with Crippen LogP contribution in [0.1, 0.15) is 20.3 Å². The molecule has 1 aliphatic heterocycles. The highest BCUT2D eigenvalue weighted by molar-refractivity contribution is 5.46. The van der Waals surface area contributed by atoms with Gasteiger partial charge in [-0.2, -0.15) is 0 Å². The molecule has 1 aromatic rings. The Hall–Kier alpha value is -1.06. The average Bonchev–Trinajstić information content (AvgIpc) is 2.32. The summed E-state index contributed by atoms with van der Waals surface area (Å²) in [5, 5.41) is 3.34. The third-order valence-electron chi connectivity index (χ3n) is 2.24. The summed E-state index contributed by atoms with van der Waals surface area (Å²) in [6.45, 7) is 8.72. The molecule has 92 valence electrons. The van der Waals surface area contributed by atoms with E-state index in [1.165, 1.54) is 12.1 Å². The van der Waals surface area contributed by atoms with E-state index >= 15 is 0 Å². The molecule has 1 aliphatic rings. The van der Waals surface area contributed by atoms with Crippen molar-refractivity contribution >= 4 is 5.69 Å². The van der Waals surface area contributed by atoms with Gasteiger partial charge in [0.25, 0.3) is 0 Å². The molecule has 3 heteroatoms. The lowest BCUT2D eigenvalue weighted by Gasteiger charge is -2.29. The highest BCUT2D eigenvalue weighted by Gasteiger charge is 2.08. The third kappa shape index (κ3) is 5.14. The van der Waals surface area contributed by atoms with Gasteiger partial charge in [0.2, 0.25) is 0 Å². The van der Waals surface area contributed by atoms with E-state index in [1.54, 1.807) is 0 Å². The molecule has 0 radical (unpaired) electrons. The number of piperazine rings is 1. The third-order valence-corrected chi connectivity index (χ3v) is 2.24. The van der Waals surface area contributed by atoms with Crippen LogP contribution in [0.3, 0.4) is 0 Å². The monoisotopic (exact) mass is 223 g/mol. The van der Waals surface area contributed by atoms with Gasteiger partial charge in [-0.15, -0.1) is 0 Å². The fourth-order valence-electron chi connectivity index (χ4n) is 1.56. The Morgan fingerprint density at radius 1 is 1.06 bits per heavy atom. The van der Waals surface area contributed by atoms with Crippen LogP contribution in [0.15, 0.2) is 30.3 Å². The number of para-hydroxylation sites is 1. The minimum Gasteiger partial charge on any atom is -0.369 e. The van der Waals surface area contributed by atoms with Gasteiger partial charge in [0.15, 0.2) is 0 Å². The van der Waals surface area contributed by atoms with E-state index in [2.05, 4.69) is 54.4 Å². The molecule has 0 aliphatic carbocycles. The van der Waals surface area contributed by atoms with Crippen molar-refractivity contribution in [3.05, 3.63) is 30.3 Å². The largest absolute Gasteiger partial charge is 0.369 e. The highest BCUT2D eigenvalue weighted by atomic mass is 15.2. The van der Waals surface area contributed by atoms with E-state index in [-0.39, 0.29) is 6.15 Å². The van der Waals surface area contributed by atoms with Crippen LogP contribution in [0.2, 0.25) is 0 Å². The molecule has 16 heavy (non-hydrogen) atoms. The van der Waals surface area contributed by atoms with Crippen molar-refractivity contribution < 1.29 is 0 Å². The van der Waals surface area contributed by atoms with Crippen molar-refractivity contribution in [3.8, 4) is 0 Å². The zero-order valence-corrected chi connectivity index (χ0v) is 10.6. The zero-order valence-electron chi connectivity index (χ0n) is 10.6. The van der Waals surface area contributed by atoms with Crippen LogP contribution in [0.25, 0.3) is 0 Å². The number of hydrogen-bond acceptors (Lipinski definition) is 3. The van der Waals surface area contributed by atoms with Gasteiger partial charge in [-0.1, -0.05) is 38.5 Å². The van der Waals surface area contributed by atoms with Gasteiger partial charge in [0, 0.05) is 31.9 Å². The molecular weight excluding hydrogens is 198 g/mol. The Balaban J connectivity index is 0.000000511. The molecule has 0 atom stereocenters. The molecule has 0 bridgehead atoms. The van der Waals surface area contributed by atoms with Gasteiger partial charge < -0.3 is 16.4 Å². The topological polar surface area (TPSA) is 50.3 Å². The number of benzene rings is 1. The summed E-state index contributed by atoms with van der Waals surface area (Å²) in [7, 11) is 0. The lowest BCUT2D eigenvalue weighted by atomic mass is 10.2. The summed E-state index contributed by atoms with van der Waals surface area (Å²) < 4.78 is 0. The van der Waals surface area contributed by atoms with Crippen molar-refractivity contribution in [2.45, 2.75) is 20.3 Å². The fraction of sp³-hybridized carbons (Fsp3) is 0.538. The van der Waals surface area contributed by atoms with E-state index in [1.807, 2.05) is 0 Å². The second kappa shape index (κ2) is 9.19. The fourth-order valence-corrected chi connectivity index (χ4v) is 1.56. The summed E-state index contributed by atoms with van der Waals surface area (Å²) in [5.74, 6) is 0. The van der Waals surface area contributed by atoms with Crippen LogP contribution in [0.5, 0.6) is 0 Å². The van der Waals surface area contributed by atoms with Gasteiger partial charge in [0.05, 0.1) is 0 Å². The lowest BCUT2D eigenvalue weighted by Crippen LogP contribution is -2.43. The quantitative estimate of drug-likeness (QED) is 0.769. The average molecular weight is 223 g/mol. The first-order valence-electron chi connectivity index (χ1n) is 5.89. The first-order valence-corrected chi connectivity index (χ1v) is 5.89. The Morgan fingerprint density at radius 3 is 2.06 bits per heavy atom. The van der Waals surface area contributed by atoms with Crippen molar-refractivity contribution in [2.24, 2.45) is 0 Å². The molecule has 4 N–H and O–H groups in total. The number of anilines is 1. The maximum Gasteiger partial charge on any atom is 0.0367 e. The highest BCUT2D eigenvalue weighted by Crippen LogP contribution is 2.12. The summed E-state index contributed by atoms with van der Waals surface area (Å²) in [4.78, 5) is 2.41. The number of nitrogens with one attached hydrogen (secondary N) is 1. The minimum absolute atomic E-state index is 0. The molecule has 1 aromatic carbocycles. The van der Waals surface area contributed by atoms with Gasteiger partial charge in [-0.25, -0.2) is 0 Å². The van der Waals surface area contributed by atoms with E-state index in [4.69, 9.17) is 0 Å². The first-order chi connectivity index (χ1) is 7.38. The molecule has 0 saturated carbocycles. The van der Waals surface area contributed by atoms with Crippen LogP contribution in [-0.2, 0) is 0 Å². The molecule has 0 aromatic heterocycles. The lowest BCUT2D eigenvalue weighted by molar-refractivity contribution is 0.589. The number of nitrogens with zero attached hydrogens (tertiary/aromatic N) is 1. The van der Waals surface area contributed by atoms with E-state index in [9.17, 15) is 0 Å². The van der Waals surface area contributed by atoms with Crippen molar-refractivity contribution in [3.63, 3.8) is 0 Å². The van der Waals surface area contributed by atoms with Gasteiger partial charge >= 0.3 is 0 Å². The molecule has 3 nitrogen and oxygen atoms in total. The second-order valence-electron chi connectivity index (χ2n) is 3.78. The van der Waals surface area contributed by atoms with Gasteiger partial charge in [-0.05, 0) is 12.1 Å². The predicted molar refractivity (Wildman–Crippen MR) is 72.5 cm³/mol. The summed E-state index contributed by atoms with van der Waals surface area (Å²) in [6, 6.07) is 10.6. The van der Waals surface area contributed by atoms with E-state index < -0.39 is 0 Å². The molecule has 1 heterocycles. The summed E-state index contributed by atoms with van der Waals surface area (Å²) >= 11 is 0. The Morgan fingerprint density at radius 2 is 1.56 bits per heavy atom. The summed E-state index contributed by atoms with van der Waals surface area (Å²) in [5.41, 5.74) is 1.35. The van der Waals surface area contributed by atoms with Crippen molar-refractivity contribution in [2.75, 3.05) is 31.1 Å². The molecular formula is C13H25N3. The minimum atomic E-state index is 0. The first kappa shape index (κ1) is 14.9. The van der Waals surface area contributed by atoms with E-state index in [0.717, 1.165) is 26.2 Å². The van der Waals surface area contributed by atoms with Gasteiger partial charge in [-0.3, -0.25) is 0 Å². The van der Waals surface area contributed by atoms with Crippen LogP contribution < -0.4 is 16.4 Å². The summed E-state index contributed by atoms with van der Waals surface area (Å²) in [6.07, 6.45) is 1.25. The maximum atomic E-state index is 3.34. The predicted octanol–water partition coefficient (Wildman–Crippen LogP) is 2.67.